The average molecular weight is 1010 g/mol. The van der Waals surface area contributed by atoms with Crippen LogP contribution in [0.5, 0.6) is 0 Å². The van der Waals surface area contributed by atoms with Gasteiger partial charge in [-0.2, -0.15) is 0 Å². The number of carbonyl (C=O) groups excluding carboxylic acids is 2. The van der Waals surface area contributed by atoms with Gasteiger partial charge in [0.2, 0.25) is 5.91 Å². The fourth-order valence-corrected chi connectivity index (χ4v) is 9.66. The second kappa shape index (κ2) is 61.4. The molecule has 0 saturated heterocycles. The highest BCUT2D eigenvalue weighted by Crippen LogP contribution is 2.17. The van der Waals surface area contributed by atoms with Gasteiger partial charge in [-0.15, -0.1) is 0 Å². The molecule has 0 aromatic carbocycles. The Bertz CT molecular complexity index is 1210. The van der Waals surface area contributed by atoms with Crippen LogP contribution in [0.2, 0.25) is 0 Å². The lowest BCUT2D eigenvalue weighted by atomic mass is 10.0. The lowest BCUT2D eigenvalue weighted by Gasteiger charge is -2.20. The fraction of sp³-hybridized carbons (Fsp3) is 0.848. The standard InChI is InChI=1S/C66H123NO5/c1-3-5-7-9-11-13-15-17-19-21-26-30-34-38-42-46-50-54-58-64(69)63(62-68)67-65(70)59-55-51-47-43-39-35-31-27-24-23-25-29-33-37-41-45-49-53-57-61-72-66(71)60-56-52-48-44-40-36-32-28-22-20-18-16-14-12-10-8-6-4-2/h14,16,20,22-24,54,58,63-64,68-69H,3-13,15,17-19,21,25-53,55-57,59-62H2,1-2H3,(H,67,70)/b16-14-,22-20-,24-23-,58-54+. The van der Waals surface area contributed by atoms with Gasteiger partial charge in [-0.3, -0.25) is 9.59 Å². The van der Waals surface area contributed by atoms with E-state index in [-0.39, 0.29) is 18.5 Å². The van der Waals surface area contributed by atoms with E-state index >= 15 is 0 Å². The molecule has 0 aliphatic rings. The topological polar surface area (TPSA) is 95.9 Å². The molecule has 0 heterocycles. The number of ether oxygens (including phenoxy) is 1. The number of hydrogen-bond donors (Lipinski definition) is 3. The first-order valence-corrected chi connectivity index (χ1v) is 31.9. The summed E-state index contributed by atoms with van der Waals surface area (Å²) in [5.74, 6) is -0.0805. The Balaban J connectivity index is 3.47. The van der Waals surface area contributed by atoms with Gasteiger partial charge in [0.05, 0.1) is 25.4 Å². The number of aliphatic hydroxyl groups excluding tert-OH is 2. The van der Waals surface area contributed by atoms with Gasteiger partial charge in [0.15, 0.2) is 0 Å². The highest BCUT2D eigenvalue weighted by molar-refractivity contribution is 5.76. The summed E-state index contributed by atoms with van der Waals surface area (Å²) in [5.41, 5.74) is 0. The van der Waals surface area contributed by atoms with Crippen molar-refractivity contribution in [3.05, 3.63) is 48.6 Å². The summed E-state index contributed by atoms with van der Waals surface area (Å²) in [7, 11) is 0. The summed E-state index contributed by atoms with van der Waals surface area (Å²) >= 11 is 0. The molecule has 0 aliphatic carbocycles. The molecule has 0 fully saturated rings. The van der Waals surface area contributed by atoms with Gasteiger partial charge in [0.25, 0.3) is 0 Å². The molecule has 0 bridgehead atoms. The minimum absolute atomic E-state index is 0.00420. The second-order valence-corrected chi connectivity index (χ2v) is 21.7. The third-order valence-corrected chi connectivity index (χ3v) is 14.6. The molecule has 6 nitrogen and oxygen atoms in total. The molecule has 0 aromatic rings. The molecule has 72 heavy (non-hydrogen) atoms. The summed E-state index contributed by atoms with van der Waals surface area (Å²) in [6.07, 6.45) is 78.6. The summed E-state index contributed by atoms with van der Waals surface area (Å²) < 4.78 is 5.49. The number of nitrogens with one attached hydrogen (secondary N) is 1. The van der Waals surface area contributed by atoms with Crippen molar-refractivity contribution in [1.29, 1.82) is 0 Å². The van der Waals surface area contributed by atoms with Crippen molar-refractivity contribution in [2.45, 2.75) is 347 Å². The van der Waals surface area contributed by atoms with Crippen LogP contribution in [0.3, 0.4) is 0 Å². The second-order valence-electron chi connectivity index (χ2n) is 21.7. The number of aliphatic hydroxyl groups is 2. The molecule has 1 amide bonds. The predicted octanol–water partition coefficient (Wildman–Crippen LogP) is 20.1. The Morgan fingerprint density at radius 1 is 0.389 bits per heavy atom. The molecule has 0 aliphatic heterocycles. The number of unbranched alkanes of at least 4 members (excludes halogenated alkanes) is 42. The summed E-state index contributed by atoms with van der Waals surface area (Å²) in [5, 5.41) is 23.2. The van der Waals surface area contributed by atoms with Crippen LogP contribution in [0.15, 0.2) is 48.6 Å². The van der Waals surface area contributed by atoms with Gasteiger partial charge in [-0.25, -0.2) is 0 Å². The Hall–Kier alpha value is -2.18. The van der Waals surface area contributed by atoms with Crippen LogP contribution in [-0.2, 0) is 14.3 Å². The number of rotatable bonds is 59. The first-order chi connectivity index (χ1) is 35.5. The van der Waals surface area contributed by atoms with Gasteiger partial charge in [0, 0.05) is 12.8 Å². The zero-order valence-corrected chi connectivity index (χ0v) is 48.2. The summed E-state index contributed by atoms with van der Waals surface area (Å²) in [6.45, 7) is 4.89. The number of hydrogen-bond acceptors (Lipinski definition) is 5. The van der Waals surface area contributed by atoms with E-state index in [9.17, 15) is 19.8 Å². The van der Waals surface area contributed by atoms with E-state index < -0.39 is 12.1 Å². The van der Waals surface area contributed by atoms with Crippen LogP contribution >= 0.6 is 0 Å². The van der Waals surface area contributed by atoms with Crippen molar-refractivity contribution in [2.24, 2.45) is 0 Å². The van der Waals surface area contributed by atoms with Crippen molar-refractivity contribution >= 4 is 11.9 Å². The smallest absolute Gasteiger partial charge is 0.305 e. The minimum Gasteiger partial charge on any atom is -0.466 e. The molecule has 0 aromatic heterocycles. The third kappa shape index (κ3) is 57.1. The number of carbonyl (C=O) groups is 2. The Morgan fingerprint density at radius 2 is 0.694 bits per heavy atom. The van der Waals surface area contributed by atoms with E-state index in [0.29, 0.717) is 19.4 Å². The van der Waals surface area contributed by atoms with Crippen LogP contribution < -0.4 is 5.32 Å². The maximum atomic E-state index is 12.5. The van der Waals surface area contributed by atoms with Crippen molar-refractivity contribution in [3.8, 4) is 0 Å². The first-order valence-electron chi connectivity index (χ1n) is 31.9. The van der Waals surface area contributed by atoms with E-state index in [1.54, 1.807) is 6.08 Å². The first kappa shape index (κ1) is 69.8. The monoisotopic (exact) mass is 1010 g/mol. The largest absolute Gasteiger partial charge is 0.466 e. The fourth-order valence-electron chi connectivity index (χ4n) is 9.66. The van der Waals surface area contributed by atoms with Crippen molar-refractivity contribution in [3.63, 3.8) is 0 Å². The van der Waals surface area contributed by atoms with Crippen LogP contribution in [0.25, 0.3) is 0 Å². The van der Waals surface area contributed by atoms with E-state index in [0.717, 1.165) is 64.2 Å². The Labute approximate surface area is 448 Å². The quantitative estimate of drug-likeness (QED) is 0.0320. The predicted molar refractivity (Wildman–Crippen MR) is 315 cm³/mol. The van der Waals surface area contributed by atoms with E-state index in [4.69, 9.17) is 4.74 Å². The summed E-state index contributed by atoms with van der Waals surface area (Å²) in [4.78, 5) is 24.6. The van der Waals surface area contributed by atoms with Crippen LogP contribution in [0.1, 0.15) is 335 Å². The van der Waals surface area contributed by atoms with Crippen LogP contribution in [-0.4, -0.2) is 47.4 Å². The van der Waals surface area contributed by atoms with Gasteiger partial charge in [-0.1, -0.05) is 281 Å². The summed E-state index contributed by atoms with van der Waals surface area (Å²) in [6, 6.07) is -0.637. The average Bonchev–Trinajstić information content (AvgIpc) is 3.38. The van der Waals surface area contributed by atoms with Crippen LogP contribution in [0, 0.1) is 0 Å². The molecular formula is C66H123NO5. The highest BCUT2D eigenvalue weighted by atomic mass is 16.5. The molecule has 3 N–H and O–H groups in total. The normalized spacial score (nSPS) is 12.9. The van der Waals surface area contributed by atoms with Gasteiger partial charge in [-0.05, 0) is 89.9 Å². The molecule has 0 spiro atoms. The van der Waals surface area contributed by atoms with Crippen molar-refractivity contribution in [1.82, 2.24) is 5.32 Å². The molecule has 6 heteroatoms. The molecule has 2 unspecified atom stereocenters. The van der Waals surface area contributed by atoms with Crippen molar-refractivity contribution in [2.75, 3.05) is 13.2 Å². The SMILES string of the molecule is CCCCCC/C=C\C/C=C\CCCCCCCCCC(=O)OCCCCCCCCCC/C=C\CCCCCCCCCC(=O)NC(CO)C(O)/C=C/CCCCCCCCCCCCCCCCCC. The Kier molecular flexibility index (Phi) is 59.5. The molecule has 422 valence electrons. The lowest BCUT2D eigenvalue weighted by Crippen LogP contribution is -2.45. The van der Waals surface area contributed by atoms with Gasteiger partial charge >= 0.3 is 5.97 Å². The third-order valence-electron chi connectivity index (χ3n) is 14.6. The number of amides is 1. The zero-order valence-electron chi connectivity index (χ0n) is 48.2. The van der Waals surface area contributed by atoms with Gasteiger partial charge in [0.1, 0.15) is 0 Å². The lowest BCUT2D eigenvalue weighted by molar-refractivity contribution is -0.143. The van der Waals surface area contributed by atoms with Crippen molar-refractivity contribution < 1.29 is 24.5 Å². The number of esters is 1. The Morgan fingerprint density at radius 3 is 1.08 bits per heavy atom. The van der Waals surface area contributed by atoms with Crippen LogP contribution in [0.4, 0.5) is 0 Å². The zero-order chi connectivity index (χ0) is 52.2. The van der Waals surface area contributed by atoms with E-state index in [1.807, 2.05) is 6.08 Å². The van der Waals surface area contributed by atoms with Gasteiger partial charge < -0.3 is 20.3 Å². The molecule has 0 saturated carbocycles. The molecule has 2 atom stereocenters. The molecular weight excluding hydrogens is 887 g/mol. The molecule has 0 rings (SSSR count). The maximum Gasteiger partial charge on any atom is 0.305 e. The van der Waals surface area contributed by atoms with E-state index in [1.165, 1.54) is 244 Å². The maximum absolute atomic E-state index is 12.5. The van der Waals surface area contributed by atoms with E-state index in [2.05, 4.69) is 55.6 Å². The minimum atomic E-state index is -0.852. The number of allylic oxidation sites excluding steroid dienone is 7. The highest BCUT2D eigenvalue weighted by Gasteiger charge is 2.18. The molecule has 0 radical (unpaired) electrons.